The fraction of sp³-hybridized carbons (Fsp3) is 0.222. The number of carbonyl (C=O) groups is 1. The molecule has 1 aromatic carbocycles. The molecule has 0 saturated carbocycles. The Balaban J connectivity index is 2.64. The second-order valence-corrected chi connectivity index (χ2v) is 3.77. The van der Waals surface area contributed by atoms with Crippen LogP contribution in [-0.4, -0.2) is 9.80 Å². The lowest BCUT2D eigenvalue weighted by atomic mass is 10.2. The minimum absolute atomic E-state index is 0.486. The summed E-state index contributed by atoms with van der Waals surface area (Å²) in [6, 6.07) is 7.29. The summed E-state index contributed by atoms with van der Waals surface area (Å²) in [5.74, 6) is 0.486. The second-order valence-electron chi connectivity index (χ2n) is 2.65. The summed E-state index contributed by atoms with van der Waals surface area (Å²) in [5.41, 5.74) is 1.19. The van der Waals surface area contributed by atoms with E-state index < -0.39 is 6.09 Å². The van der Waals surface area contributed by atoms with E-state index in [-0.39, 0.29) is 0 Å². The molecule has 0 unspecified atom stereocenters. The molecule has 1 aromatic rings. The summed E-state index contributed by atoms with van der Waals surface area (Å²) in [5, 5.41) is 0. The van der Waals surface area contributed by atoms with E-state index in [0.717, 1.165) is 10.1 Å². The third-order valence-corrected chi connectivity index (χ3v) is 2.03. The first-order valence-corrected chi connectivity index (χ1v) is 4.92. The maximum absolute atomic E-state index is 11.0. The lowest BCUT2D eigenvalue weighted by molar-refractivity contribution is 0.197. The molecule has 76 valence electrons. The quantitative estimate of drug-likeness (QED) is 0.764. The maximum Gasteiger partial charge on any atom is 0.435 e. The predicted octanol–water partition coefficient (Wildman–Crippen LogP) is 2.74. The third kappa shape index (κ3) is 3.16. The highest BCUT2D eigenvalue weighted by atomic mass is 32.2. The van der Waals surface area contributed by atoms with Crippen molar-refractivity contribution in [2.45, 2.75) is 13.3 Å². The number of ether oxygens (including phenoxy) is 1. The van der Waals surface area contributed by atoms with Crippen LogP contribution >= 0.6 is 25.6 Å². The molecule has 0 N–H and O–H groups in total. The molecule has 0 radical (unpaired) electrons. The molecule has 0 fully saturated rings. The normalized spacial score (nSPS) is 9.64. The smallest absolute Gasteiger partial charge is 0.409 e. The molecule has 0 aromatic heterocycles. The monoisotopic (exact) mass is 229 g/mol. The highest BCUT2D eigenvalue weighted by Gasteiger charge is 2.07. The van der Waals surface area contributed by atoms with Gasteiger partial charge in [-0.25, -0.2) is 4.79 Å². The van der Waals surface area contributed by atoms with Gasteiger partial charge >= 0.3 is 6.09 Å². The zero-order valence-corrected chi connectivity index (χ0v) is 9.46. The van der Waals surface area contributed by atoms with Crippen molar-refractivity contribution in [1.82, 2.24) is 3.71 Å². The Kier molecular flexibility index (Phi) is 4.16. The van der Waals surface area contributed by atoms with Gasteiger partial charge in [-0.15, -0.1) is 0 Å². The largest absolute Gasteiger partial charge is 0.435 e. The van der Waals surface area contributed by atoms with Crippen LogP contribution in [0.4, 0.5) is 4.79 Å². The number of carbonyl (C=O) groups excluding carboxylic acids is 1. The number of benzene rings is 1. The SMILES string of the molecule is CCc1ccc(OC(=O)N(S)S)cc1. The molecular formula is C9H11NO2S2. The van der Waals surface area contributed by atoms with Gasteiger partial charge in [-0.1, -0.05) is 19.1 Å². The molecule has 1 amide bonds. The number of rotatable bonds is 2. The van der Waals surface area contributed by atoms with Crippen molar-refractivity contribution < 1.29 is 9.53 Å². The summed E-state index contributed by atoms with van der Waals surface area (Å²) in [7, 11) is 0. The number of nitrogens with zero attached hydrogens (tertiary/aromatic N) is 1. The maximum atomic E-state index is 11.0. The Morgan fingerprint density at radius 3 is 2.36 bits per heavy atom. The zero-order valence-electron chi connectivity index (χ0n) is 7.67. The lowest BCUT2D eigenvalue weighted by Crippen LogP contribution is -2.16. The van der Waals surface area contributed by atoms with Crippen LogP contribution < -0.4 is 4.74 Å². The van der Waals surface area contributed by atoms with Crippen LogP contribution in [-0.2, 0) is 6.42 Å². The molecule has 0 saturated heterocycles. The van der Waals surface area contributed by atoms with Gasteiger partial charge in [0.15, 0.2) is 0 Å². The van der Waals surface area contributed by atoms with Gasteiger partial charge < -0.3 is 4.74 Å². The Bertz CT molecular complexity index is 311. The van der Waals surface area contributed by atoms with Crippen LogP contribution in [0, 0.1) is 0 Å². The van der Waals surface area contributed by atoms with Gasteiger partial charge in [0, 0.05) is 0 Å². The van der Waals surface area contributed by atoms with E-state index in [1.165, 1.54) is 5.56 Å². The molecule has 1 rings (SSSR count). The summed E-state index contributed by atoms with van der Waals surface area (Å²) in [6.45, 7) is 2.06. The van der Waals surface area contributed by atoms with Crippen LogP contribution in [0.5, 0.6) is 5.75 Å². The molecule has 0 bridgehead atoms. The molecule has 14 heavy (non-hydrogen) atoms. The van der Waals surface area contributed by atoms with Crippen LogP contribution in [0.3, 0.4) is 0 Å². The molecule has 0 aliphatic heterocycles. The summed E-state index contributed by atoms with van der Waals surface area (Å²) < 4.78 is 5.69. The fourth-order valence-corrected chi connectivity index (χ4v) is 1.02. The lowest BCUT2D eigenvalue weighted by Gasteiger charge is -2.08. The number of hydrogen-bond donors (Lipinski definition) is 2. The van der Waals surface area contributed by atoms with Crippen molar-refractivity contribution in [3.8, 4) is 5.75 Å². The van der Waals surface area contributed by atoms with Crippen molar-refractivity contribution in [2.24, 2.45) is 0 Å². The Hall–Kier alpha value is -0.810. The van der Waals surface area contributed by atoms with E-state index in [1.54, 1.807) is 12.1 Å². The van der Waals surface area contributed by atoms with Crippen LogP contribution in [0.1, 0.15) is 12.5 Å². The summed E-state index contributed by atoms with van der Waals surface area (Å²) in [4.78, 5) is 11.0. The highest BCUT2D eigenvalue weighted by Crippen LogP contribution is 2.14. The van der Waals surface area contributed by atoms with E-state index in [0.29, 0.717) is 5.75 Å². The standard InChI is InChI=1S/C9H11NO2S2/c1-2-7-3-5-8(6-4-7)12-9(11)10(13)14/h3-6,13-14H,2H2,1H3. The highest BCUT2D eigenvalue weighted by molar-refractivity contribution is 7.94. The second kappa shape index (κ2) is 5.17. The Morgan fingerprint density at radius 1 is 1.36 bits per heavy atom. The molecule has 0 aliphatic rings. The average Bonchev–Trinajstić information content (AvgIpc) is 2.19. The third-order valence-electron chi connectivity index (χ3n) is 1.70. The summed E-state index contributed by atoms with van der Waals surface area (Å²) in [6.07, 6.45) is 0.334. The molecule has 0 atom stereocenters. The molecule has 3 nitrogen and oxygen atoms in total. The van der Waals surface area contributed by atoms with Crippen LogP contribution in [0.25, 0.3) is 0 Å². The van der Waals surface area contributed by atoms with Crippen molar-refractivity contribution in [3.63, 3.8) is 0 Å². The van der Waals surface area contributed by atoms with Crippen LogP contribution in [0.15, 0.2) is 24.3 Å². The first-order chi connectivity index (χ1) is 6.63. The zero-order chi connectivity index (χ0) is 10.6. The van der Waals surface area contributed by atoms with Crippen molar-refractivity contribution in [3.05, 3.63) is 29.8 Å². The van der Waals surface area contributed by atoms with Gasteiger partial charge in [0.2, 0.25) is 0 Å². The van der Waals surface area contributed by atoms with E-state index in [9.17, 15) is 4.79 Å². The minimum atomic E-state index is -0.624. The number of amides is 1. The van der Waals surface area contributed by atoms with Crippen molar-refractivity contribution in [2.75, 3.05) is 0 Å². The Morgan fingerprint density at radius 2 is 1.93 bits per heavy atom. The minimum Gasteiger partial charge on any atom is -0.409 e. The van der Waals surface area contributed by atoms with Gasteiger partial charge in [0.25, 0.3) is 0 Å². The molecule has 5 heteroatoms. The van der Waals surface area contributed by atoms with Crippen molar-refractivity contribution in [1.29, 1.82) is 0 Å². The fourth-order valence-electron chi connectivity index (χ4n) is 0.935. The van der Waals surface area contributed by atoms with Crippen LogP contribution in [0.2, 0.25) is 0 Å². The van der Waals surface area contributed by atoms with Crippen molar-refractivity contribution >= 4 is 31.7 Å². The van der Waals surface area contributed by atoms with Gasteiger partial charge in [-0.2, -0.15) is 3.71 Å². The molecule has 0 aliphatic carbocycles. The molecular weight excluding hydrogens is 218 g/mol. The number of aryl methyl sites for hydroxylation is 1. The van der Waals surface area contributed by atoms with E-state index in [2.05, 4.69) is 32.6 Å². The summed E-state index contributed by atoms with van der Waals surface area (Å²) >= 11 is 7.37. The Labute approximate surface area is 94.1 Å². The van der Waals surface area contributed by atoms with Gasteiger partial charge in [-0.05, 0) is 49.7 Å². The number of hydrogen-bond acceptors (Lipinski definition) is 4. The van der Waals surface area contributed by atoms with E-state index >= 15 is 0 Å². The molecule has 0 spiro atoms. The van der Waals surface area contributed by atoms with E-state index in [4.69, 9.17) is 4.74 Å². The first-order valence-electron chi connectivity index (χ1n) is 4.12. The first kappa shape index (κ1) is 11.3. The predicted molar refractivity (Wildman–Crippen MR) is 61.7 cm³/mol. The van der Waals surface area contributed by atoms with Gasteiger partial charge in [-0.3, -0.25) is 0 Å². The average molecular weight is 229 g/mol. The van der Waals surface area contributed by atoms with Gasteiger partial charge in [0.1, 0.15) is 5.75 Å². The van der Waals surface area contributed by atoms with E-state index in [1.807, 2.05) is 12.1 Å². The van der Waals surface area contributed by atoms with Gasteiger partial charge in [0.05, 0.1) is 0 Å². The topological polar surface area (TPSA) is 29.5 Å². The number of thiol groups is 2. The molecule has 0 heterocycles.